The molecule has 0 aliphatic carbocycles. The Hall–Kier alpha value is -2.88. The van der Waals surface area contributed by atoms with Gasteiger partial charge in [-0.2, -0.15) is 0 Å². The largest absolute Gasteiger partial charge is 0.375 e. The van der Waals surface area contributed by atoms with Gasteiger partial charge >= 0.3 is 0 Å². The van der Waals surface area contributed by atoms with E-state index in [0.29, 0.717) is 12.2 Å². The number of hydrogen-bond acceptors (Lipinski definition) is 3. The number of aryl methyl sites for hydroxylation is 2. The first kappa shape index (κ1) is 16.0. The van der Waals surface area contributed by atoms with Crippen LogP contribution in [0.25, 0.3) is 0 Å². The Labute approximate surface area is 141 Å². The van der Waals surface area contributed by atoms with Crippen molar-refractivity contribution in [2.75, 3.05) is 5.32 Å². The molecule has 1 aromatic carbocycles. The number of hydrogen-bond donors (Lipinski definition) is 2. The number of pyridine rings is 2. The van der Waals surface area contributed by atoms with Crippen molar-refractivity contribution in [2.24, 2.45) is 0 Å². The lowest BCUT2D eigenvalue weighted by atomic mass is 10.0. The van der Waals surface area contributed by atoms with Crippen LogP contribution in [0.4, 0.5) is 5.69 Å². The van der Waals surface area contributed by atoms with Crippen LogP contribution < -0.4 is 10.9 Å². The zero-order valence-corrected chi connectivity index (χ0v) is 13.5. The van der Waals surface area contributed by atoms with E-state index in [1.54, 1.807) is 18.3 Å². The minimum Gasteiger partial charge on any atom is -0.375 e. The molecule has 2 aromatic heterocycles. The molecule has 2 N–H and O–H groups in total. The highest BCUT2D eigenvalue weighted by atomic mass is 16.1. The third-order valence-corrected chi connectivity index (χ3v) is 3.93. The molecule has 3 aromatic rings. The van der Waals surface area contributed by atoms with Crippen LogP contribution in [0.3, 0.4) is 0 Å². The van der Waals surface area contributed by atoms with Crippen LogP contribution in [-0.4, -0.2) is 9.97 Å². The number of nitrogens with zero attached hydrogens (tertiary/aromatic N) is 1. The summed E-state index contributed by atoms with van der Waals surface area (Å²) in [5, 5.41) is 3.13. The van der Waals surface area contributed by atoms with Crippen LogP contribution in [-0.2, 0) is 19.4 Å². The van der Waals surface area contributed by atoms with Crippen LogP contribution in [0.15, 0.2) is 71.8 Å². The number of H-pyrrole nitrogens is 1. The second kappa shape index (κ2) is 8.11. The lowest BCUT2D eigenvalue weighted by Crippen LogP contribution is -2.13. The Bertz CT molecular complexity index is 827. The van der Waals surface area contributed by atoms with Crippen LogP contribution >= 0.6 is 0 Å². The first-order valence-corrected chi connectivity index (χ1v) is 8.20. The summed E-state index contributed by atoms with van der Waals surface area (Å²) < 4.78 is 0. The summed E-state index contributed by atoms with van der Waals surface area (Å²) in [7, 11) is 0. The van der Waals surface area contributed by atoms with Crippen molar-refractivity contribution >= 4 is 5.69 Å². The first-order valence-electron chi connectivity index (χ1n) is 8.20. The summed E-state index contributed by atoms with van der Waals surface area (Å²) in [4.78, 5) is 18.7. The SMILES string of the molecule is O=c1[nH]cccc1NCc1cc(CCCc2ccccc2)ccn1. The van der Waals surface area contributed by atoms with Gasteiger partial charge in [0, 0.05) is 12.4 Å². The predicted molar refractivity (Wildman–Crippen MR) is 97.1 cm³/mol. The summed E-state index contributed by atoms with van der Waals surface area (Å²) in [6, 6.07) is 18.3. The van der Waals surface area contributed by atoms with E-state index in [1.807, 2.05) is 12.3 Å². The molecule has 0 saturated carbocycles. The Kier molecular flexibility index (Phi) is 5.40. The molecule has 0 aliphatic rings. The zero-order chi connectivity index (χ0) is 16.6. The third kappa shape index (κ3) is 4.56. The Morgan fingerprint density at radius 2 is 1.79 bits per heavy atom. The van der Waals surface area contributed by atoms with Gasteiger partial charge in [0.25, 0.3) is 5.56 Å². The summed E-state index contributed by atoms with van der Waals surface area (Å²) in [5.41, 5.74) is 4.04. The van der Waals surface area contributed by atoms with E-state index in [2.05, 4.69) is 51.7 Å². The molecule has 3 rings (SSSR count). The maximum absolute atomic E-state index is 11.6. The number of anilines is 1. The number of aromatic nitrogens is 2. The molecule has 122 valence electrons. The number of benzene rings is 1. The van der Waals surface area contributed by atoms with Crippen molar-refractivity contribution in [3.63, 3.8) is 0 Å². The van der Waals surface area contributed by atoms with E-state index in [0.717, 1.165) is 25.0 Å². The van der Waals surface area contributed by atoms with Crippen molar-refractivity contribution in [3.8, 4) is 0 Å². The monoisotopic (exact) mass is 319 g/mol. The van der Waals surface area contributed by atoms with Crippen molar-refractivity contribution in [1.29, 1.82) is 0 Å². The average Bonchev–Trinajstić information content (AvgIpc) is 2.62. The van der Waals surface area contributed by atoms with Crippen LogP contribution in [0.5, 0.6) is 0 Å². The van der Waals surface area contributed by atoms with Gasteiger partial charge in [-0.25, -0.2) is 0 Å². The second-order valence-corrected chi connectivity index (χ2v) is 5.76. The van der Waals surface area contributed by atoms with E-state index < -0.39 is 0 Å². The maximum atomic E-state index is 11.6. The number of aromatic amines is 1. The normalized spacial score (nSPS) is 10.5. The van der Waals surface area contributed by atoms with Crippen LogP contribution in [0.1, 0.15) is 23.2 Å². The van der Waals surface area contributed by atoms with Crippen molar-refractivity contribution < 1.29 is 0 Å². The molecule has 2 heterocycles. The van der Waals surface area contributed by atoms with Crippen molar-refractivity contribution in [1.82, 2.24) is 9.97 Å². The molecule has 0 bridgehead atoms. The Morgan fingerprint density at radius 1 is 0.958 bits per heavy atom. The van der Waals surface area contributed by atoms with Gasteiger partial charge < -0.3 is 10.3 Å². The topological polar surface area (TPSA) is 57.8 Å². The minimum absolute atomic E-state index is 0.114. The smallest absolute Gasteiger partial charge is 0.271 e. The van der Waals surface area contributed by atoms with E-state index in [4.69, 9.17) is 0 Å². The summed E-state index contributed by atoms with van der Waals surface area (Å²) in [6.45, 7) is 0.541. The van der Waals surface area contributed by atoms with Crippen molar-refractivity contribution in [3.05, 3.63) is 94.2 Å². The Balaban J connectivity index is 1.54. The fourth-order valence-corrected chi connectivity index (χ4v) is 2.67. The van der Waals surface area contributed by atoms with Gasteiger partial charge in [-0.15, -0.1) is 0 Å². The van der Waals surface area contributed by atoms with Gasteiger partial charge in [-0.3, -0.25) is 9.78 Å². The maximum Gasteiger partial charge on any atom is 0.271 e. The Morgan fingerprint density at radius 3 is 2.62 bits per heavy atom. The molecule has 0 fully saturated rings. The summed E-state index contributed by atoms with van der Waals surface area (Å²) in [6.07, 6.45) is 6.68. The summed E-state index contributed by atoms with van der Waals surface area (Å²) >= 11 is 0. The van der Waals surface area contributed by atoms with Gasteiger partial charge in [-0.1, -0.05) is 30.3 Å². The number of nitrogens with one attached hydrogen (secondary N) is 2. The molecule has 4 heteroatoms. The quantitative estimate of drug-likeness (QED) is 0.700. The highest BCUT2D eigenvalue weighted by molar-refractivity contribution is 5.40. The first-order chi connectivity index (χ1) is 11.8. The molecule has 0 saturated heterocycles. The standard InChI is InChI=1S/C20H21N3O/c24-20-19(10-5-12-22-20)23-15-18-14-17(11-13-21-18)9-4-8-16-6-2-1-3-7-16/h1-3,5-7,10-14,23H,4,8-9,15H2,(H,22,24). The van der Waals surface area contributed by atoms with Gasteiger partial charge in [-0.05, 0) is 54.7 Å². The van der Waals surface area contributed by atoms with Gasteiger partial charge in [0.2, 0.25) is 0 Å². The fraction of sp³-hybridized carbons (Fsp3) is 0.200. The lowest BCUT2D eigenvalue weighted by Gasteiger charge is -2.07. The summed E-state index contributed by atoms with van der Waals surface area (Å²) in [5.74, 6) is 0. The minimum atomic E-state index is -0.114. The molecular formula is C20H21N3O. The van der Waals surface area contributed by atoms with Crippen molar-refractivity contribution in [2.45, 2.75) is 25.8 Å². The molecule has 0 aliphatic heterocycles. The highest BCUT2D eigenvalue weighted by Gasteiger charge is 2.01. The molecule has 4 nitrogen and oxygen atoms in total. The second-order valence-electron chi connectivity index (χ2n) is 5.76. The van der Waals surface area contributed by atoms with Crippen LogP contribution in [0.2, 0.25) is 0 Å². The van der Waals surface area contributed by atoms with Gasteiger partial charge in [0.05, 0.1) is 12.2 Å². The third-order valence-electron chi connectivity index (χ3n) is 3.93. The van der Waals surface area contributed by atoms with E-state index in [1.165, 1.54) is 11.1 Å². The fourth-order valence-electron chi connectivity index (χ4n) is 2.67. The average molecular weight is 319 g/mol. The highest BCUT2D eigenvalue weighted by Crippen LogP contribution is 2.10. The molecular weight excluding hydrogens is 298 g/mol. The van der Waals surface area contributed by atoms with E-state index in [9.17, 15) is 4.79 Å². The van der Waals surface area contributed by atoms with E-state index >= 15 is 0 Å². The molecule has 0 spiro atoms. The predicted octanol–water partition coefficient (Wildman–Crippen LogP) is 3.56. The number of rotatable bonds is 7. The molecule has 0 unspecified atom stereocenters. The molecule has 0 amide bonds. The lowest BCUT2D eigenvalue weighted by molar-refractivity contribution is 0.816. The molecule has 0 radical (unpaired) electrons. The zero-order valence-electron chi connectivity index (χ0n) is 13.5. The van der Waals surface area contributed by atoms with E-state index in [-0.39, 0.29) is 5.56 Å². The van der Waals surface area contributed by atoms with Crippen LogP contribution in [0, 0.1) is 0 Å². The van der Waals surface area contributed by atoms with Gasteiger partial charge in [0.1, 0.15) is 5.69 Å². The van der Waals surface area contributed by atoms with Gasteiger partial charge in [0.15, 0.2) is 0 Å². The molecule has 24 heavy (non-hydrogen) atoms. The molecule has 0 atom stereocenters.